The van der Waals surface area contributed by atoms with Crippen LogP contribution in [0.2, 0.25) is 0 Å². The quantitative estimate of drug-likeness (QED) is 0.685. The first-order chi connectivity index (χ1) is 13.8. The van der Waals surface area contributed by atoms with Crippen LogP contribution in [0.5, 0.6) is 0 Å². The minimum absolute atomic E-state index is 0.177. The number of esters is 2. The number of rotatable bonds is 6. The van der Waals surface area contributed by atoms with Crippen LogP contribution in [0.4, 0.5) is 0 Å². The number of fused-ring (bicyclic) bond motifs is 1. The van der Waals surface area contributed by atoms with E-state index in [1.807, 2.05) is 19.9 Å². The Kier molecular flexibility index (Phi) is 6.10. The van der Waals surface area contributed by atoms with E-state index in [1.165, 1.54) is 0 Å². The van der Waals surface area contributed by atoms with Crippen LogP contribution in [0, 0.1) is 11.8 Å². The molecule has 0 saturated heterocycles. The highest BCUT2D eigenvalue weighted by Crippen LogP contribution is 2.42. The number of allylic oxidation sites excluding steroid dienone is 1. The van der Waals surface area contributed by atoms with E-state index < -0.39 is 23.8 Å². The number of ether oxygens (including phenoxy) is 2. The van der Waals surface area contributed by atoms with Crippen molar-refractivity contribution in [3.8, 4) is 0 Å². The number of hydrogen-bond donors (Lipinski definition) is 0. The zero-order valence-electron chi connectivity index (χ0n) is 17.3. The Morgan fingerprint density at radius 3 is 2.62 bits per heavy atom. The molecule has 2 aromatic rings. The smallest absolute Gasteiger partial charge is 0.336 e. The second-order valence-corrected chi connectivity index (χ2v) is 7.43. The molecule has 0 fully saturated rings. The predicted molar refractivity (Wildman–Crippen MR) is 106 cm³/mol. The van der Waals surface area contributed by atoms with E-state index in [0.717, 1.165) is 0 Å². The largest absolute Gasteiger partial charge is 0.465 e. The van der Waals surface area contributed by atoms with Crippen LogP contribution in [0.3, 0.4) is 0 Å². The molecule has 29 heavy (non-hydrogen) atoms. The second-order valence-electron chi connectivity index (χ2n) is 7.43. The van der Waals surface area contributed by atoms with Gasteiger partial charge in [0.15, 0.2) is 0 Å². The van der Waals surface area contributed by atoms with Crippen molar-refractivity contribution in [2.24, 2.45) is 16.8 Å². The third-order valence-corrected chi connectivity index (χ3v) is 4.79. The van der Waals surface area contributed by atoms with Crippen molar-refractivity contribution in [3.63, 3.8) is 0 Å². The standard InChI is InChI=1S/C21H25N3O5/c1-6-27-20(25)16-12(4)22-13(5)17(21(26)28-10-11(2)3)18(16)14-8-7-9-15-19(14)24-29-23-15/h7-9,11,16,18H,6,10H2,1-5H3. The highest BCUT2D eigenvalue weighted by molar-refractivity contribution is 6.07. The number of nitrogens with zero attached hydrogens (tertiary/aromatic N) is 3. The van der Waals surface area contributed by atoms with E-state index in [9.17, 15) is 9.59 Å². The summed E-state index contributed by atoms with van der Waals surface area (Å²) in [4.78, 5) is 30.4. The summed E-state index contributed by atoms with van der Waals surface area (Å²) in [5, 5.41) is 7.88. The maximum atomic E-state index is 13.0. The van der Waals surface area contributed by atoms with Gasteiger partial charge < -0.3 is 9.47 Å². The van der Waals surface area contributed by atoms with E-state index in [-0.39, 0.29) is 19.1 Å². The first kappa shape index (κ1) is 20.7. The van der Waals surface area contributed by atoms with E-state index in [4.69, 9.17) is 14.1 Å². The average molecular weight is 399 g/mol. The maximum Gasteiger partial charge on any atom is 0.336 e. The Morgan fingerprint density at radius 1 is 1.17 bits per heavy atom. The molecule has 1 aromatic heterocycles. The van der Waals surface area contributed by atoms with Gasteiger partial charge in [0.05, 0.1) is 18.8 Å². The fraction of sp³-hybridized carbons (Fsp3) is 0.476. The van der Waals surface area contributed by atoms with Gasteiger partial charge in [0.2, 0.25) is 0 Å². The molecule has 0 amide bonds. The van der Waals surface area contributed by atoms with Crippen LogP contribution in [0.1, 0.15) is 46.1 Å². The third kappa shape index (κ3) is 4.06. The molecule has 8 heteroatoms. The highest BCUT2D eigenvalue weighted by atomic mass is 16.6. The Hall–Kier alpha value is -3.03. The highest BCUT2D eigenvalue weighted by Gasteiger charge is 2.43. The van der Waals surface area contributed by atoms with Crippen LogP contribution in [-0.4, -0.2) is 41.2 Å². The molecule has 0 radical (unpaired) electrons. The summed E-state index contributed by atoms with van der Waals surface area (Å²) in [5.74, 6) is -2.21. The van der Waals surface area contributed by atoms with Gasteiger partial charge in [0.25, 0.3) is 0 Å². The van der Waals surface area contributed by atoms with Crippen LogP contribution in [0.25, 0.3) is 11.0 Å². The van der Waals surface area contributed by atoms with Crippen LogP contribution in [0.15, 0.2) is 39.1 Å². The first-order valence-corrected chi connectivity index (χ1v) is 9.66. The molecule has 154 valence electrons. The number of aromatic nitrogens is 2. The number of benzene rings is 1. The molecule has 2 unspecified atom stereocenters. The maximum absolute atomic E-state index is 13.0. The molecule has 2 heterocycles. The molecular weight excluding hydrogens is 374 g/mol. The first-order valence-electron chi connectivity index (χ1n) is 9.66. The third-order valence-electron chi connectivity index (χ3n) is 4.79. The molecule has 1 aliphatic heterocycles. The molecule has 3 rings (SSSR count). The molecule has 0 aliphatic carbocycles. The fourth-order valence-corrected chi connectivity index (χ4v) is 3.57. The van der Waals surface area contributed by atoms with Crippen LogP contribution >= 0.6 is 0 Å². The van der Waals surface area contributed by atoms with Gasteiger partial charge in [-0.2, -0.15) is 0 Å². The van der Waals surface area contributed by atoms with Gasteiger partial charge in [0.1, 0.15) is 17.0 Å². The summed E-state index contributed by atoms with van der Waals surface area (Å²) in [7, 11) is 0. The van der Waals surface area contributed by atoms with Crippen LogP contribution < -0.4 is 0 Å². The van der Waals surface area contributed by atoms with Gasteiger partial charge in [-0.1, -0.05) is 26.0 Å². The normalized spacial score (nSPS) is 19.4. The Balaban J connectivity index is 2.17. The summed E-state index contributed by atoms with van der Waals surface area (Å²) in [6.07, 6.45) is 0. The lowest BCUT2D eigenvalue weighted by Crippen LogP contribution is -2.36. The van der Waals surface area contributed by atoms with E-state index in [1.54, 1.807) is 32.9 Å². The molecule has 0 saturated carbocycles. The lowest BCUT2D eigenvalue weighted by molar-refractivity contribution is -0.146. The lowest BCUT2D eigenvalue weighted by Gasteiger charge is -2.31. The zero-order valence-corrected chi connectivity index (χ0v) is 17.3. The summed E-state index contributed by atoms with van der Waals surface area (Å²) in [5.41, 5.74) is 3.08. The van der Waals surface area contributed by atoms with Gasteiger partial charge in [-0.15, -0.1) is 0 Å². The molecule has 1 aliphatic rings. The molecular formula is C21H25N3O5. The Morgan fingerprint density at radius 2 is 1.93 bits per heavy atom. The zero-order chi connectivity index (χ0) is 21.1. The van der Waals surface area contributed by atoms with Crippen LogP contribution in [-0.2, 0) is 19.1 Å². The monoisotopic (exact) mass is 399 g/mol. The van der Waals surface area contributed by atoms with Gasteiger partial charge in [0, 0.05) is 17.3 Å². The van der Waals surface area contributed by atoms with Crippen molar-refractivity contribution in [1.29, 1.82) is 0 Å². The van der Waals surface area contributed by atoms with Crippen molar-refractivity contribution in [1.82, 2.24) is 10.3 Å². The fourth-order valence-electron chi connectivity index (χ4n) is 3.57. The van der Waals surface area contributed by atoms with Crippen molar-refractivity contribution in [2.45, 2.75) is 40.5 Å². The summed E-state index contributed by atoms with van der Waals surface area (Å²) in [6.45, 7) is 9.65. The van der Waals surface area contributed by atoms with Crippen molar-refractivity contribution >= 4 is 28.7 Å². The number of carbonyl (C=O) groups excluding carboxylic acids is 2. The van der Waals surface area contributed by atoms with Crippen molar-refractivity contribution < 1.29 is 23.7 Å². The molecule has 0 spiro atoms. The van der Waals surface area contributed by atoms with Gasteiger partial charge in [-0.25, -0.2) is 9.42 Å². The van der Waals surface area contributed by atoms with Gasteiger partial charge in [-0.05, 0) is 48.6 Å². The summed E-state index contributed by atoms with van der Waals surface area (Å²) < 4.78 is 15.7. The molecule has 1 aromatic carbocycles. The molecule has 0 bridgehead atoms. The van der Waals surface area contributed by atoms with E-state index >= 15 is 0 Å². The lowest BCUT2D eigenvalue weighted by atomic mass is 9.75. The Bertz CT molecular complexity index is 989. The van der Waals surface area contributed by atoms with Gasteiger partial charge in [-0.3, -0.25) is 9.79 Å². The molecule has 2 atom stereocenters. The summed E-state index contributed by atoms with van der Waals surface area (Å²) >= 11 is 0. The SMILES string of the molecule is CCOC(=O)C1C(C)=NC(C)=C(C(=O)OCC(C)C)C1c1cccc2nonc12. The van der Waals surface area contributed by atoms with E-state index in [0.29, 0.717) is 33.6 Å². The van der Waals surface area contributed by atoms with Crippen molar-refractivity contribution in [2.75, 3.05) is 13.2 Å². The average Bonchev–Trinajstić information content (AvgIpc) is 3.14. The topological polar surface area (TPSA) is 104 Å². The molecule has 0 N–H and O–H groups in total. The van der Waals surface area contributed by atoms with Gasteiger partial charge >= 0.3 is 11.9 Å². The molecule has 8 nitrogen and oxygen atoms in total. The number of aliphatic imine (C=N–C) groups is 1. The number of carbonyl (C=O) groups is 2. The predicted octanol–water partition coefficient (Wildman–Crippen LogP) is 3.43. The minimum atomic E-state index is -0.775. The van der Waals surface area contributed by atoms with Crippen molar-refractivity contribution in [3.05, 3.63) is 35.0 Å². The second kappa shape index (κ2) is 8.55. The summed E-state index contributed by atoms with van der Waals surface area (Å²) in [6, 6.07) is 5.36. The Labute approximate surface area is 168 Å². The number of hydrogen-bond acceptors (Lipinski definition) is 8. The minimum Gasteiger partial charge on any atom is -0.465 e. The van der Waals surface area contributed by atoms with E-state index in [2.05, 4.69) is 15.3 Å².